The molecular formula is C8H10FNS. The van der Waals surface area contributed by atoms with Crippen LogP contribution in [0.25, 0.3) is 0 Å². The van der Waals surface area contributed by atoms with Crippen LogP contribution in [0.1, 0.15) is 16.9 Å². The number of halogens is 1. The molecule has 60 valence electrons. The maximum atomic E-state index is 12.7. The fraction of sp³-hybridized carbons (Fsp3) is 0.500. The van der Waals surface area contributed by atoms with E-state index in [1.807, 2.05) is 0 Å². The Morgan fingerprint density at radius 2 is 2.45 bits per heavy atom. The highest BCUT2D eigenvalue weighted by Gasteiger charge is 2.10. The fourth-order valence-corrected chi connectivity index (χ4v) is 2.30. The first-order valence-corrected chi connectivity index (χ1v) is 4.66. The molecule has 2 heterocycles. The average Bonchev–Trinajstić information content (AvgIpc) is 2.17. The lowest BCUT2D eigenvalue weighted by atomic mass is 10.2. The SMILES string of the molecule is Fc1cc2c(s1)CNCCC2. The van der Waals surface area contributed by atoms with E-state index in [0.29, 0.717) is 0 Å². The van der Waals surface area contributed by atoms with Crippen LogP contribution in [0, 0.1) is 5.13 Å². The van der Waals surface area contributed by atoms with E-state index in [-0.39, 0.29) is 5.13 Å². The molecule has 1 aliphatic heterocycles. The first-order valence-electron chi connectivity index (χ1n) is 3.84. The highest BCUT2D eigenvalue weighted by atomic mass is 32.1. The second-order valence-corrected chi connectivity index (χ2v) is 3.87. The molecule has 0 fully saturated rings. The van der Waals surface area contributed by atoms with Crippen LogP contribution in [0.5, 0.6) is 0 Å². The Bertz CT molecular complexity index is 233. The molecule has 0 spiro atoms. The van der Waals surface area contributed by atoms with Crippen LogP contribution in [-0.2, 0) is 13.0 Å². The summed E-state index contributed by atoms with van der Waals surface area (Å²) in [6, 6.07) is 1.67. The summed E-state index contributed by atoms with van der Waals surface area (Å²) >= 11 is 1.27. The van der Waals surface area contributed by atoms with Crippen molar-refractivity contribution in [3.05, 3.63) is 21.6 Å². The maximum absolute atomic E-state index is 12.7. The van der Waals surface area contributed by atoms with Crippen molar-refractivity contribution in [2.45, 2.75) is 19.4 Å². The molecule has 0 bridgehead atoms. The molecule has 0 saturated heterocycles. The Morgan fingerprint density at radius 3 is 3.36 bits per heavy atom. The minimum atomic E-state index is -0.0429. The van der Waals surface area contributed by atoms with Gasteiger partial charge in [-0.1, -0.05) is 0 Å². The lowest BCUT2D eigenvalue weighted by molar-refractivity contribution is 0.652. The van der Waals surface area contributed by atoms with Gasteiger partial charge in [0, 0.05) is 11.4 Å². The van der Waals surface area contributed by atoms with Crippen LogP contribution in [0.3, 0.4) is 0 Å². The molecule has 0 radical (unpaired) electrons. The predicted molar refractivity (Wildman–Crippen MR) is 44.3 cm³/mol. The highest BCUT2D eigenvalue weighted by Crippen LogP contribution is 2.23. The molecule has 1 aromatic heterocycles. The number of rotatable bonds is 0. The van der Waals surface area contributed by atoms with Gasteiger partial charge in [0.05, 0.1) is 0 Å². The first-order chi connectivity index (χ1) is 5.36. The number of thiophene rings is 1. The van der Waals surface area contributed by atoms with Crippen molar-refractivity contribution < 1.29 is 4.39 Å². The normalized spacial score (nSPS) is 17.5. The Morgan fingerprint density at radius 1 is 1.55 bits per heavy atom. The Hall–Kier alpha value is -0.410. The van der Waals surface area contributed by atoms with E-state index in [9.17, 15) is 4.39 Å². The van der Waals surface area contributed by atoms with Crippen molar-refractivity contribution in [3.8, 4) is 0 Å². The zero-order valence-electron chi connectivity index (χ0n) is 6.19. The average molecular weight is 171 g/mol. The lowest BCUT2D eigenvalue weighted by Gasteiger charge is -1.94. The number of aryl methyl sites for hydroxylation is 1. The van der Waals surface area contributed by atoms with Crippen molar-refractivity contribution in [2.75, 3.05) is 6.54 Å². The molecule has 2 rings (SSSR count). The highest BCUT2D eigenvalue weighted by molar-refractivity contribution is 7.10. The van der Waals surface area contributed by atoms with Gasteiger partial charge in [-0.15, -0.1) is 11.3 Å². The molecule has 0 atom stereocenters. The Kier molecular flexibility index (Phi) is 1.92. The Balaban J connectivity index is 2.32. The summed E-state index contributed by atoms with van der Waals surface area (Å²) in [4.78, 5) is 1.18. The summed E-state index contributed by atoms with van der Waals surface area (Å²) in [6.07, 6.45) is 2.16. The zero-order chi connectivity index (χ0) is 7.68. The smallest absolute Gasteiger partial charge is 0.176 e. The topological polar surface area (TPSA) is 12.0 Å². The fourth-order valence-electron chi connectivity index (χ4n) is 1.40. The monoisotopic (exact) mass is 171 g/mol. The standard InChI is InChI=1S/C8H10FNS/c9-8-4-6-2-1-3-10-5-7(6)11-8/h4,10H,1-3,5H2. The second-order valence-electron chi connectivity index (χ2n) is 2.78. The molecule has 0 aliphatic carbocycles. The minimum absolute atomic E-state index is 0.0429. The predicted octanol–water partition coefficient (Wildman–Crippen LogP) is 1.92. The quantitative estimate of drug-likeness (QED) is 0.629. The molecule has 1 aliphatic rings. The minimum Gasteiger partial charge on any atom is -0.312 e. The van der Waals surface area contributed by atoms with Gasteiger partial charge < -0.3 is 5.32 Å². The summed E-state index contributed by atoms with van der Waals surface area (Å²) in [5, 5.41) is 3.22. The van der Waals surface area contributed by atoms with Crippen molar-refractivity contribution in [3.63, 3.8) is 0 Å². The summed E-state index contributed by atoms with van der Waals surface area (Å²) in [7, 11) is 0. The lowest BCUT2D eigenvalue weighted by Crippen LogP contribution is -2.11. The van der Waals surface area contributed by atoms with Crippen molar-refractivity contribution in [1.29, 1.82) is 0 Å². The molecular weight excluding hydrogens is 161 g/mol. The summed E-state index contributed by atoms with van der Waals surface area (Å²) in [5.41, 5.74) is 1.21. The van der Waals surface area contributed by atoms with Crippen molar-refractivity contribution in [1.82, 2.24) is 5.32 Å². The third-order valence-corrected chi connectivity index (χ3v) is 2.92. The number of nitrogens with one attached hydrogen (secondary N) is 1. The number of hydrogen-bond donors (Lipinski definition) is 1. The van der Waals surface area contributed by atoms with Crippen LogP contribution < -0.4 is 5.32 Å². The van der Waals surface area contributed by atoms with E-state index in [1.54, 1.807) is 6.07 Å². The largest absolute Gasteiger partial charge is 0.312 e. The molecule has 0 saturated carbocycles. The molecule has 1 nitrogen and oxygen atoms in total. The zero-order valence-corrected chi connectivity index (χ0v) is 7.01. The summed E-state index contributed by atoms with van der Waals surface area (Å²) < 4.78 is 12.7. The molecule has 3 heteroatoms. The van der Waals surface area contributed by atoms with Crippen LogP contribution in [-0.4, -0.2) is 6.54 Å². The van der Waals surface area contributed by atoms with Crippen LogP contribution in [0.4, 0.5) is 4.39 Å². The third kappa shape index (κ3) is 1.44. The third-order valence-electron chi connectivity index (χ3n) is 1.95. The van der Waals surface area contributed by atoms with Gasteiger partial charge in [-0.25, -0.2) is 0 Å². The van der Waals surface area contributed by atoms with E-state index in [4.69, 9.17) is 0 Å². The van der Waals surface area contributed by atoms with Gasteiger partial charge in [0.25, 0.3) is 0 Å². The van der Waals surface area contributed by atoms with Crippen molar-refractivity contribution >= 4 is 11.3 Å². The van der Waals surface area contributed by atoms with Gasteiger partial charge in [-0.05, 0) is 31.0 Å². The number of fused-ring (bicyclic) bond motifs is 1. The van der Waals surface area contributed by atoms with E-state index >= 15 is 0 Å². The van der Waals surface area contributed by atoms with E-state index in [1.165, 1.54) is 21.8 Å². The van der Waals surface area contributed by atoms with Gasteiger partial charge in [0.2, 0.25) is 0 Å². The Labute approximate surface area is 69.2 Å². The molecule has 0 aromatic carbocycles. The molecule has 1 N–H and O–H groups in total. The van der Waals surface area contributed by atoms with Gasteiger partial charge >= 0.3 is 0 Å². The number of hydrogen-bond acceptors (Lipinski definition) is 2. The van der Waals surface area contributed by atoms with Gasteiger partial charge in [0.15, 0.2) is 5.13 Å². The van der Waals surface area contributed by atoms with Gasteiger partial charge in [-0.3, -0.25) is 0 Å². The molecule has 0 amide bonds. The summed E-state index contributed by atoms with van der Waals surface area (Å²) in [5.74, 6) is 0. The van der Waals surface area contributed by atoms with E-state index in [2.05, 4.69) is 5.32 Å². The van der Waals surface area contributed by atoms with E-state index in [0.717, 1.165) is 25.9 Å². The van der Waals surface area contributed by atoms with Crippen LogP contribution in [0.2, 0.25) is 0 Å². The van der Waals surface area contributed by atoms with Crippen molar-refractivity contribution in [2.24, 2.45) is 0 Å². The molecule has 1 aromatic rings. The molecule has 11 heavy (non-hydrogen) atoms. The summed E-state index contributed by atoms with van der Waals surface area (Å²) in [6.45, 7) is 1.91. The van der Waals surface area contributed by atoms with E-state index < -0.39 is 0 Å². The first kappa shape index (κ1) is 7.25. The van der Waals surface area contributed by atoms with Crippen LogP contribution >= 0.6 is 11.3 Å². The van der Waals surface area contributed by atoms with Gasteiger partial charge in [-0.2, -0.15) is 4.39 Å². The molecule has 0 unspecified atom stereocenters. The van der Waals surface area contributed by atoms with Gasteiger partial charge in [0.1, 0.15) is 0 Å². The second kappa shape index (κ2) is 2.91. The maximum Gasteiger partial charge on any atom is 0.176 e. The van der Waals surface area contributed by atoms with Crippen LogP contribution in [0.15, 0.2) is 6.07 Å².